The molecule has 1 saturated heterocycles. The van der Waals surface area contributed by atoms with Crippen LogP contribution in [0.5, 0.6) is 0 Å². The molecule has 0 amide bonds. The minimum atomic E-state index is -6.39. The summed E-state index contributed by atoms with van der Waals surface area (Å²) in [6.45, 7) is -1.30. The fraction of sp³-hybridized carbons (Fsp3) is 0.867. The monoisotopic (exact) mass is 498 g/mol. The number of hydrogen-bond donors (Lipinski definition) is 1. The third-order valence-electron chi connectivity index (χ3n) is 5.64. The highest BCUT2D eigenvalue weighted by Gasteiger charge is 2.66. The van der Waals surface area contributed by atoms with E-state index in [9.17, 15) is 44.0 Å². The number of halogens is 4. The SMILES string of the molecule is O=C(CCC(=O)OC1C2CC3C1OS(=O)(=O)C3C2)OCCC(F)(F)C(F)(F)S(=O)(=O)O. The third-order valence-corrected chi connectivity index (χ3v) is 8.36. The van der Waals surface area contributed by atoms with Crippen LogP contribution in [0.2, 0.25) is 0 Å². The van der Waals surface area contributed by atoms with Crippen molar-refractivity contribution in [1.82, 2.24) is 0 Å². The Morgan fingerprint density at radius 2 is 1.71 bits per heavy atom. The first-order valence-electron chi connectivity index (χ1n) is 9.07. The summed E-state index contributed by atoms with van der Waals surface area (Å²) in [6, 6.07) is 0. The molecule has 2 aliphatic carbocycles. The van der Waals surface area contributed by atoms with Gasteiger partial charge in [-0.3, -0.25) is 18.3 Å². The van der Waals surface area contributed by atoms with Crippen molar-refractivity contribution in [2.24, 2.45) is 11.8 Å². The predicted octanol–water partition coefficient (Wildman–Crippen LogP) is 0.865. The topological polar surface area (TPSA) is 150 Å². The molecule has 0 spiro atoms. The lowest BCUT2D eigenvalue weighted by Gasteiger charge is -2.24. The maximum Gasteiger partial charge on any atom is 0.431 e. The van der Waals surface area contributed by atoms with E-state index in [1.165, 1.54) is 0 Å². The first kappa shape index (κ1) is 24.1. The average molecular weight is 498 g/mol. The predicted molar refractivity (Wildman–Crippen MR) is 89.9 cm³/mol. The van der Waals surface area contributed by atoms with Gasteiger partial charge in [-0.25, -0.2) is 0 Å². The minimum Gasteiger partial charge on any atom is -0.465 e. The second-order valence-electron chi connectivity index (χ2n) is 7.61. The van der Waals surface area contributed by atoms with Crippen LogP contribution < -0.4 is 0 Å². The normalized spacial score (nSPS) is 31.6. The van der Waals surface area contributed by atoms with Crippen LogP contribution in [0.15, 0.2) is 0 Å². The Morgan fingerprint density at radius 1 is 1.10 bits per heavy atom. The summed E-state index contributed by atoms with van der Waals surface area (Å²) in [6.07, 6.45) is -3.84. The second-order valence-corrected chi connectivity index (χ2v) is 10.9. The first-order valence-corrected chi connectivity index (χ1v) is 12.0. The van der Waals surface area contributed by atoms with E-state index in [0.29, 0.717) is 12.8 Å². The maximum absolute atomic E-state index is 13.3. The van der Waals surface area contributed by atoms with Crippen molar-refractivity contribution in [3.8, 4) is 0 Å². The van der Waals surface area contributed by atoms with Gasteiger partial charge in [0, 0.05) is 11.8 Å². The number of carbonyl (C=O) groups excluding carboxylic acids is 2. The zero-order valence-corrected chi connectivity index (χ0v) is 17.2. The standard InChI is InChI=1S/C15H18F4O10S2/c16-14(17,15(18,19)31(24,25)26)3-4-27-10(20)1-2-11(21)28-12-7-5-8-9(6-7)30(22,23)29-13(8)12/h7-9,12-13H,1-6H2,(H,24,25,26). The van der Waals surface area contributed by atoms with Gasteiger partial charge in [-0.05, 0) is 12.8 Å². The molecule has 10 nitrogen and oxygen atoms in total. The van der Waals surface area contributed by atoms with E-state index < -0.39 is 86.7 Å². The van der Waals surface area contributed by atoms with E-state index in [1.54, 1.807) is 0 Å². The number of fused-ring (bicyclic) bond motifs is 1. The zero-order chi connectivity index (χ0) is 23.4. The summed E-state index contributed by atoms with van der Waals surface area (Å²) in [5, 5.41) is -6.38. The number of rotatable bonds is 9. The lowest BCUT2D eigenvalue weighted by molar-refractivity contribution is -0.175. The molecule has 2 saturated carbocycles. The van der Waals surface area contributed by atoms with Crippen molar-refractivity contribution in [2.75, 3.05) is 6.61 Å². The number of esters is 2. The Labute approximate surface area is 174 Å². The fourth-order valence-electron chi connectivity index (χ4n) is 4.16. The van der Waals surface area contributed by atoms with E-state index in [1.807, 2.05) is 0 Å². The van der Waals surface area contributed by atoms with Gasteiger partial charge in [0.05, 0.1) is 31.1 Å². The van der Waals surface area contributed by atoms with Gasteiger partial charge in [-0.15, -0.1) is 0 Å². The molecule has 31 heavy (non-hydrogen) atoms. The largest absolute Gasteiger partial charge is 0.465 e. The van der Waals surface area contributed by atoms with Gasteiger partial charge in [0.2, 0.25) is 0 Å². The molecule has 1 heterocycles. The quantitative estimate of drug-likeness (QED) is 0.210. The van der Waals surface area contributed by atoms with E-state index in [2.05, 4.69) is 4.74 Å². The van der Waals surface area contributed by atoms with Crippen LogP contribution in [0.1, 0.15) is 32.1 Å². The van der Waals surface area contributed by atoms with Crippen molar-refractivity contribution in [3.05, 3.63) is 0 Å². The molecule has 3 rings (SSSR count). The van der Waals surface area contributed by atoms with Gasteiger partial charge < -0.3 is 9.47 Å². The van der Waals surface area contributed by atoms with Gasteiger partial charge in [0.15, 0.2) is 0 Å². The Bertz CT molecular complexity index is 964. The third kappa shape index (κ3) is 4.39. The molecule has 0 radical (unpaired) electrons. The van der Waals surface area contributed by atoms with Gasteiger partial charge in [-0.1, -0.05) is 0 Å². The smallest absolute Gasteiger partial charge is 0.431 e. The summed E-state index contributed by atoms with van der Waals surface area (Å²) in [7, 11) is -10.1. The fourth-order valence-corrected chi connectivity index (χ4v) is 6.52. The molecule has 5 atom stereocenters. The average Bonchev–Trinajstić information content (AvgIpc) is 3.23. The maximum atomic E-state index is 13.3. The lowest BCUT2D eigenvalue weighted by atomic mass is 9.94. The van der Waals surface area contributed by atoms with Crippen LogP contribution in [-0.4, -0.2) is 68.6 Å². The van der Waals surface area contributed by atoms with E-state index in [4.69, 9.17) is 13.5 Å². The molecule has 1 N–H and O–H groups in total. The number of ether oxygens (including phenoxy) is 2. The first-order chi connectivity index (χ1) is 14.1. The Kier molecular flexibility index (Phi) is 6.08. The molecular weight excluding hydrogens is 480 g/mol. The summed E-state index contributed by atoms with van der Waals surface area (Å²) >= 11 is 0. The highest BCUT2D eigenvalue weighted by atomic mass is 32.2. The summed E-state index contributed by atoms with van der Waals surface area (Å²) in [4.78, 5) is 23.5. The summed E-state index contributed by atoms with van der Waals surface area (Å²) in [5.41, 5.74) is 0. The minimum absolute atomic E-state index is 0.195. The van der Waals surface area contributed by atoms with Gasteiger partial charge in [-0.2, -0.15) is 34.4 Å². The molecule has 0 aromatic carbocycles. The number of alkyl halides is 4. The van der Waals surface area contributed by atoms with E-state index >= 15 is 0 Å². The van der Waals surface area contributed by atoms with Crippen LogP contribution >= 0.6 is 0 Å². The Balaban J connectivity index is 1.41. The molecule has 2 bridgehead atoms. The highest BCUT2D eigenvalue weighted by molar-refractivity contribution is 7.87. The van der Waals surface area contributed by atoms with Crippen molar-refractivity contribution in [3.63, 3.8) is 0 Å². The molecule has 3 fully saturated rings. The van der Waals surface area contributed by atoms with Gasteiger partial charge >= 0.3 is 33.2 Å². The van der Waals surface area contributed by atoms with Crippen molar-refractivity contribution in [1.29, 1.82) is 0 Å². The molecule has 3 aliphatic rings. The molecule has 16 heteroatoms. The molecule has 5 unspecified atom stereocenters. The lowest BCUT2D eigenvalue weighted by Crippen LogP contribution is -2.47. The molecule has 0 aromatic heterocycles. The summed E-state index contributed by atoms with van der Waals surface area (Å²) < 4.78 is 120. The van der Waals surface area contributed by atoms with E-state index in [-0.39, 0.29) is 11.8 Å². The highest BCUT2D eigenvalue weighted by Crippen LogP contribution is 2.55. The van der Waals surface area contributed by atoms with Crippen LogP contribution in [-0.2, 0) is 43.5 Å². The van der Waals surface area contributed by atoms with Crippen molar-refractivity contribution >= 4 is 32.2 Å². The molecule has 1 aliphatic heterocycles. The number of hydrogen-bond acceptors (Lipinski definition) is 9. The van der Waals surface area contributed by atoms with Gasteiger partial charge in [0.1, 0.15) is 12.2 Å². The Morgan fingerprint density at radius 3 is 2.32 bits per heavy atom. The van der Waals surface area contributed by atoms with Crippen LogP contribution in [0.4, 0.5) is 17.6 Å². The van der Waals surface area contributed by atoms with Crippen molar-refractivity contribution in [2.45, 2.75) is 60.7 Å². The summed E-state index contributed by atoms with van der Waals surface area (Å²) in [5.74, 6) is -7.76. The zero-order valence-electron chi connectivity index (χ0n) is 15.6. The van der Waals surface area contributed by atoms with Crippen LogP contribution in [0.3, 0.4) is 0 Å². The molecule has 178 valence electrons. The van der Waals surface area contributed by atoms with Crippen molar-refractivity contribution < 1.29 is 62.2 Å². The van der Waals surface area contributed by atoms with Gasteiger partial charge in [0.25, 0.3) is 10.1 Å². The van der Waals surface area contributed by atoms with Crippen LogP contribution in [0, 0.1) is 11.8 Å². The van der Waals surface area contributed by atoms with Crippen LogP contribution in [0.25, 0.3) is 0 Å². The van der Waals surface area contributed by atoms with E-state index in [0.717, 1.165) is 0 Å². The molecule has 0 aromatic rings. The number of carbonyl (C=O) groups is 2. The Hall–Kier alpha value is -1.52. The molecular formula is C15H18F4O10S2. The second kappa shape index (κ2) is 7.81.